The maximum absolute atomic E-state index is 5.91. The van der Waals surface area contributed by atoms with Gasteiger partial charge in [0.2, 0.25) is 5.95 Å². The summed E-state index contributed by atoms with van der Waals surface area (Å²) in [6.45, 7) is 2.44. The lowest BCUT2D eigenvalue weighted by molar-refractivity contribution is 0.193. The van der Waals surface area contributed by atoms with Gasteiger partial charge in [0, 0.05) is 24.8 Å². The number of aromatic nitrogens is 3. The summed E-state index contributed by atoms with van der Waals surface area (Å²) in [5.74, 6) is 2.08. The third-order valence-electron chi connectivity index (χ3n) is 4.23. The number of benzene rings is 1. The molecule has 1 aromatic carbocycles. The standard InChI is InChI=1S/C15H19N5O/c16-12-3-1-2-10(8-12)13-4-6-17-15-18-14(19-20(13)15)11-5-7-21-9-11/h1-3,8,11,13H,4-7,9,16H2,(H,17,18,19). The van der Waals surface area contributed by atoms with Crippen LogP contribution in [0.2, 0.25) is 0 Å². The molecule has 21 heavy (non-hydrogen) atoms. The molecule has 2 atom stereocenters. The van der Waals surface area contributed by atoms with Gasteiger partial charge in [-0.05, 0) is 30.5 Å². The largest absolute Gasteiger partial charge is 0.399 e. The van der Waals surface area contributed by atoms with Gasteiger partial charge < -0.3 is 15.8 Å². The molecule has 4 rings (SSSR count). The van der Waals surface area contributed by atoms with Crippen LogP contribution in [0.1, 0.15) is 36.2 Å². The molecule has 6 nitrogen and oxygen atoms in total. The van der Waals surface area contributed by atoms with E-state index in [2.05, 4.69) is 16.4 Å². The minimum Gasteiger partial charge on any atom is -0.399 e. The van der Waals surface area contributed by atoms with E-state index in [1.54, 1.807) is 0 Å². The number of fused-ring (bicyclic) bond motifs is 1. The zero-order valence-corrected chi connectivity index (χ0v) is 11.8. The highest BCUT2D eigenvalue weighted by atomic mass is 16.5. The van der Waals surface area contributed by atoms with Crippen LogP contribution in [-0.2, 0) is 4.74 Å². The average molecular weight is 285 g/mol. The van der Waals surface area contributed by atoms with Crippen LogP contribution in [0.15, 0.2) is 24.3 Å². The molecule has 2 unspecified atom stereocenters. The number of rotatable bonds is 2. The predicted molar refractivity (Wildman–Crippen MR) is 80.3 cm³/mol. The molecule has 6 heteroatoms. The Kier molecular flexibility index (Phi) is 3.03. The third-order valence-corrected chi connectivity index (χ3v) is 4.23. The smallest absolute Gasteiger partial charge is 0.221 e. The summed E-state index contributed by atoms with van der Waals surface area (Å²) >= 11 is 0. The van der Waals surface area contributed by atoms with Gasteiger partial charge >= 0.3 is 0 Å². The van der Waals surface area contributed by atoms with Crippen molar-refractivity contribution in [3.63, 3.8) is 0 Å². The second-order valence-electron chi connectivity index (χ2n) is 5.70. The first-order chi connectivity index (χ1) is 10.3. The second kappa shape index (κ2) is 5.04. The monoisotopic (exact) mass is 285 g/mol. The fourth-order valence-electron chi connectivity index (χ4n) is 3.11. The van der Waals surface area contributed by atoms with Crippen molar-refractivity contribution in [2.75, 3.05) is 30.8 Å². The number of nitrogens with two attached hydrogens (primary N) is 1. The first-order valence-corrected chi connectivity index (χ1v) is 7.45. The van der Waals surface area contributed by atoms with E-state index in [0.29, 0.717) is 5.92 Å². The molecule has 2 aromatic rings. The van der Waals surface area contributed by atoms with Gasteiger partial charge in [-0.15, -0.1) is 0 Å². The number of anilines is 2. The molecule has 0 bridgehead atoms. The number of nitrogen functional groups attached to an aromatic ring is 1. The van der Waals surface area contributed by atoms with Crippen LogP contribution in [-0.4, -0.2) is 34.5 Å². The van der Waals surface area contributed by atoms with Crippen molar-refractivity contribution in [2.24, 2.45) is 0 Å². The Hall–Kier alpha value is -2.08. The van der Waals surface area contributed by atoms with E-state index in [-0.39, 0.29) is 6.04 Å². The zero-order valence-electron chi connectivity index (χ0n) is 11.8. The van der Waals surface area contributed by atoms with Crippen LogP contribution in [0.5, 0.6) is 0 Å². The molecule has 0 amide bonds. The Labute approximate surface area is 123 Å². The number of hydrogen-bond acceptors (Lipinski definition) is 5. The number of nitrogens with one attached hydrogen (secondary N) is 1. The lowest BCUT2D eigenvalue weighted by atomic mass is 10.0. The molecular weight excluding hydrogens is 266 g/mol. The summed E-state index contributed by atoms with van der Waals surface area (Å²) in [7, 11) is 0. The van der Waals surface area contributed by atoms with Crippen molar-refractivity contribution in [1.29, 1.82) is 0 Å². The fraction of sp³-hybridized carbons (Fsp3) is 0.467. The summed E-state index contributed by atoms with van der Waals surface area (Å²) in [4.78, 5) is 4.66. The first-order valence-electron chi connectivity index (χ1n) is 7.45. The second-order valence-corrected chi connectivity index (χ2v) is 5.70. The fourth-order valence-corrected chi connectivity index (χ4v) is 3.11. The highest BCUT2D eigenvalue weighted by Crippen LogP contribution is 2.31. The lowest BCUT2D eigenvalue weighted by Gasteiger charge is -2.24. The molecule has 3 N–H and O–H groups in total. The molecule has 1 saturated heterocycles. The van der Waals surface area contributed by atoms with Crippen LogP contribution in [0.3, 0.4) is 0 Å². The molecule has 110 valence electrons. The van der Waals surface area contributed by atoms with Gasteiger partial charge in [-0.2, -0.15) is 10.1 Å². The molecule has 2 aliphatic rings. The van der Waals surface area contributed by atoms with Gasteiger partial charge in [-0.25, -0.2) is 4.68 Å². The van der Waals surface area contributed by atoms with E-state index in [4.69, 9.17) is 15.6 Å². The van der Waals surface area contributed by atoms with E-state index in [1.807, 2.05) is 22.9 Å². The lowest BCUT2D eigenvalue weighted by Crippen LogP contribution is -2.24. The van der Waals surface area contributed by atoms with Crippen LogP contribution in [0, 0.1) is 0 Å². The van der Waals surface area contributed by atoms with Gasteiger partial charge in [0.1, 0.15) is 0 Å². The van der Waals surface area contributed by atoms with Crippen LogP contribution in [0.4, 0.5) is 11.6 Å². The van der Waals surface area contributed by atoms with Crippen molar-refractivity contribution >= 4 is 11.6 Å². The minimum atomic E-state index is 0.202. The van der Waals surface area contributed by atoms with E-state index in [0.717, 1.165) is 50.1 Å². The molecule has 0 aliphatic carbocycles. The van der Waals surface area contributed by atoms with E-state index >= 15 is 0 Å². The van der Waals surface area contributed by atoms with Gasteiger partial charge in [0.25, 0.3) is 0 Å². The van der Waals surface area contributed by atoms with Gasteiger partial charge in [0.05, 0.1) is 12.6 Å². The molecule has 0 radical (unpaired) electrons. The molecule has 1 fully saturated rings. The van der Waals surface area contributed by atoms with E-state index in [9.17, 15) is 0 Å². The quantitative estimate of drug-likeness (QED) is 0.822. The number of nitrogens with zero attached hydrogens (tertiary/aromatic N) is 3. The van der Waals surface area contributed by atoms with Crippen molar-refractivity contribution in [3.05, 3.63) is 35.7 Å². The van der Waals surface area contributed by atoms with E-state index in [1.165, 1.54) is 5.56 Å². The van der Waals surface area contributed by atoms with Crippen molar-refractivity contribution in [2.45, 2.75) is 24.8 Å². The predicted octanol–water partition coefficient (Wildman–Crippen LogP) is 1.77. The van der Waals surface area contributed by atoms with Gasteiger partial charge in [-0.1, -0.05) is 12.1 Å². The molecule has 3 heterocycles. The van der Waals surface area contributed by atoms with Crippen LogP contribution in [0.25, 0.3) is 0 Å². The number of hydrogen-bond donors (Lipinski definition) is 2. The summed E-state index contributed by atoms with van der Waals surface area (Å²) in [5.41, 5.74) is 7.89. The highest BCUT2D eigenvalue weighted by Gasteiger charge is 2.28. The Morgan fingerprint density at radius 3 is 3.10 bits per heavy atom. The normalized spacial score (nSPS) is 24.6. The number of ether oxygens (including phenoxy) is 1. The van der Waals surface area contributed by atoms with Crippen molar-refractivity contribution in [1.82, 2.24) is 14.8 Å². The topological polar surface area (TPSA) is 78.0 Å². The zero-order chi connectivity index (χ0) is 14.2. The molecular formula is C15H19N5O. The van der Waals surface area contributed by atoms with Crippen LogP contribution >= 0.6 is 0 Å². The maximum Gasteiger partial charge on any atom is 0.221 e. The summed E-state index contributed by atoms with van der Waals surface area (Å²) in [5, 5.41) is 8.08. The molecule has 1 aromatic heterocycles. The minimum absolute atomic E-state index is 0.202. The molecule has 2 aliphatic heterocycles. The maximum atomic E-state index is 5.91. The van der Waals surface area contributed by atoms with Crippen LogP contribution < -0.4 is 11.1 Å². The van der Waals surface area contributed by atoms with Crippen molar-refractivity contribution < 1.29 is 4.74 Å². The van der Waals surface area contributed by atoms with E-state index < -0.39 is 0 Å². The SMILES string of the molecule is Nc1cccc(C2CCNc3nc(C4CCOC4)nn32)c1. The average Bonchev–Trinajstić information content (AvgIpc) is 3.15. The third kappa shape index (κ3) is 2.25. The Bertz CT molecular complexity index is 647. The summed E-state index contributed by atoms with van der Waals surface area (Å²) in [6.07, 6.45) is 1.99. The molecule has 0 saturated carbocycles. The highest BCUT2D eigenvalue weighted by molar-refractivity contribution is 5.43. The van der Waals surface area contributed by atoms with Gasteiger partial charge in [-0.3, -0.25) is 0 Å². The Morgan fingerprint density at radius 2 is 2.29 bits per heavy atom. The van der Waals surface area contributed by atoms with Crippen molar-refractivity contribution in [3.8, 4) is 0 Å². The summed E-state index contributed by atoms with van der Waals surface area (Å²) in [6, 6.07) is 8.24. The summed E-state index contributed by atoms with van der Waals surface area (Å²) < 4.78 is 7.45. The molecule has 0 spiro atoms. The Morgan fingerprint density at radius 1 is 1.33 bits per heavy atom. The van der Waals surface area contributed by atoms with Gasteiger partial charge in [0.15, 0.2) is 5.82 Å². The Balaban J connectivity index is 1.70. The first kappa shape index (κ1) is 12.6.